The fourth-order valence-electron chi connectivity index (χ4n) is 5.08. The Bertz CT molecular complexity index is 760. The lowest BCUT2D eigenvalue weighted by molar-refractivity contribution is -0.124. The van der Waals surface area contributed by atoms with Crippen LogP contribution in [-0.2, 0) is 14.3 Å². The molecule has 122 valence electrons. The molecule has 5 heteroatoms. The van der Waals surface area contributed by atoms with Crippen molar-refractivity contribution in [2.24, 2.45) is 35.5 Å². The summed E-state index contributed by atoms with van der Waals surface area (Å²) in [4.78, 5) is 38.8. The van der Waals surface area contributed by atoms with Gasteiger partial charge in [-0.05, 0) is 54.4 Å². The number of methoxy groups -OCH3 is 1. The Balaban J connectivity index is 1.49. The van der Waals surface area contributed by atoms with Crippen molar-refractivity contribution < 1.29 is 19.1 Å². The first-order valence-corrected chi connectivity index (χ1v) is 8.36. The molecule has 0 unspecified atom stereocenters. The van der Waals surface area contributed by atoms with E-state index in [-0.39, 0.29) is 35.5 Å². The molecule has 24 heavy (non-hydrogen) atoms. The number of anilines is 1. The highest BCUT2D eigenvalue weighted by Crippen LogP contribution is 2.65. The summed E-state index contributed by atoms with van der Waals surface area (Å²) in [6, 6.07) is 6.48. The molecule has 0 spiro atoms. The van der Waals surface area contributed by atoms with E-state index in [0.29, 0.717) is 23.1 Å². The summed E-state index contributed by atoms with van der Waals surface area (Å²) < 4.78 is 4.68. The van der Waals surface area contributed by atoms with Crippen LogP contribution in [0.3, 0.4) is 0 Å². The zero-order valence-electron chi connectivity index (χ0n) is 13.2. The van der Waals surface area contributed by atoms with Gasteiger partial charge in [0.2, 0.25) is 11.8 Å². The molecule has 4 aliphatic carbocycles. The third-order valence-electron chi connectivity index (χ3n) is 6.21. The molecule has 6 atom stereocenters. The van der Waals surface area contributed by atoms with E-state index in [4.69, 9.17) is 0 Å². The smallest absolute Gasteiger partial charge is 0.337 e. The molecular formula is C19H17NO4. The van der Waals surface area contributed by atoms with Crippen LogP contribution in [0.25, 0.3) is 0 Å². The van der Waals surface area contributed by atoms with Crippen molar-refractivity contribution >= 4 is 23.5 Å². The first-order valence-electron chi connectivity index (χ1n) is 8.36. The van der Waals surface area contributed by atoms with Gasteiger partial charge in [-0.2, -0.15) is 0 Å². The van der Waals surface area contributed by atoms with Gasteiger partial charge in [0.1, 0.15) is 0 Å². The predicted molar refractivity (Wildman–Crippen MR) is 85.0 cm³/mol. The van der Waals surface area contributed by atoms with Crippen LogP contribution in [0.2, 0.25) is 0 Å². The van der Waals surface area contributed by atoms with Crippen LogP contribution in [0.15, 0.2) is 36.4 Å². The summed E-state index contributed by atoms with van der Waals surface area (Å²) in [5.41, 5.74) is 0.945. The Morgan fingerprint density at radius 1 is 1.00 bits per heavy atom. The minimum absolute atomic E-state index is 0.0829. The molecule has 1 heterocycles. The van der Waals surface area contributed by atoms with Gasteiger partial charge < -0.3 is 4.74 Å². The van der Waals surface area contributed by atoms with Crippen LogP contribution in [0.5, 0.6) is 0 Å². The summed E-state index contributed by atoms with van der Waals surface area (Å²) in [6.07, 6.45) is 5.48. The first-order chi connectivity index (χ1) is 11.6. The Morgan fingerprint density at radius 3 is 2.04 bits per heavy atom. The normalized spacial score (nSPS) is 38.1. The van der Waals surface area contributed by atoms with Gasteiger partial charge in [0.25, 0.3) is 0 Å². The lowest BCUT2D eigenvalue weighted by Crippen LogP contribution is -2.40. The van der Waals surface area contributed by atoms with E-state index >= 15 is 0 Å². The molecule has 5 nitrogen and oxygen atoms in total. The number of hydrogen-bond donors (Lipinski definition) is 0. The molecule has 1 saturated heterocycles. The van der Waals surface area contributed by atoms with Crippen molar-refractivity contribution in [3.63, 3.8) is 0 Å². The minimum atomic E-state index is -0.434. The van der Waals surface area contributed by atoms with E-state index in [9.17, 15) is 14.4 Å². The van der Waals surface area contributed by atoms with E-state index in [1.54, 1.807) is 24.3 Å². The average molecular weight is 323 g/mol. The summed E-state index contributed by atoms with van der Waals surface area (Å²) in [7, 11) is 1.32. The number of ether oxygens (including phenoxy) is 1. The summed E-state index contributed by atoms with van der Waals surface area (Å²) in [5.74, 6) is 0.645. The number of amides is 2. The number of rotatable bonds is 2. The number of carbonyl (C=O) groups is 3. The molecule has 0 N–H and O–H groups in total. The molecular weight excluding hydrogens is 306 g/mol. The fraction of sp³-hybridized carbons (Fsp3) is 0.421. The lowest BCUT2D eigenvalue weighted by Gasteiger charge is -2.37. The van der Waals surface area contributed by atoms with Crippen molar-refractivity contribution in [1.29, 1.82) is 0 Å². The monoisotopic (exact) mass is 323 g/mol. The number of carbonyl (C=O) groups excluding carboxylic acids is 3. The molecule has 2 amide bonds. The molecule has 6 rings (SSSR count). The third-order valence-corrected chi connectivity index (χ3v) is 6.21. The zero-order chi connectivity index (χ0) is 16.6. The predicted octanol–water partition coefficient (Wildman–Crippen LogP) is 2.03. The maximum atomic E-state index is 13.0. The number of nitrogens with zero attached hydrogens (tertiary/aromatic N) is 1. The molecule has 1 aliphatic heterocycles. The van der Waals surface area contributed by atoms with Gasteiger partial charge in [-0.15, -0.1) is 0 Å². The maximum Gasteiger partial charge on any atom is 0.337 e. The van der Waals surface area contributed by atoms with Crippen LogP contribution in [0.4, 0.5) is 5.69 Å². The largest absolute Gasteiger partial charge is 0.465 e. The van der Waals surface area contributed by atoms with Gasteiger partial charge in [-0.3, -0.25) is 14.5 Å². The van der Waals surface area contributed by atoms with E-state index < -0.39 is 5.97 Å². The number of allylic oxidation sites excluding steroid dienone is 2. The summed E-state index contributed by atoms with van der Waals surface area (Å²) in [5, 5.41) is 0. The highest BCUT2D eigenvalue weighted by Gasteiger charge is 2.67. The molecule has 0 radical (unpaired) electrons. The molecule has 1 aromatic carbocycles. The molecule has 2 bridgehead atoms. The van der Waals surface area contributed by atoms with Crippen LogP contribution >= 0.6 is 0 Å². The summed E-state index contributed by atoms with van der Waals surface area (Å²) in [6.45, 7) is 0. The second kappa shape index (κ2) is 4.56. The van der Waals surface area contributed by atoms with E-state index in [2.05, 4.69) is 16.9 Å². The minimum Gasteiger partial charge on any atom is -0.465 e. The SMILES string of the molecule is COC(=O)c1ccc(N2C(=O)[C@@H]3[C@@H]4C=C[C@H]([C@@H]5C[C@H]45)[C@H]3C2=O)cc1. The van der Waals surface area contributed by atoms with Crippen molar-refractivity contribution in [3.05, 3.63) is 42.0 Å². The standard InChI is InChI=1S/C19H17NO4/c1-24-19(23)9-2-4-10(5-3-9)20-17(21)15-11-6-7-12(14-8-13(11)14)16(15)18(20)22/h2-7,11-16H,8H2,1H3/t11-,12-,13-,14+,15-,16-/m1/s1. The third kappa shape index (κ3) is 1.62. The Hall–Kier alpha value is -2.43. The van der Waals surface area contributed by atoms with Crippen LogP contribution in [-0.4, -0.2) is 24.9 Å². The second-order valence-corrected chi connectivity index (χ2v) is 7.20. The van der Waals surface area contributed by atoms with Crippen molar-refractivity contribution in [3.8, 4) is 0 Å². The molecule has 5 aliphatic rings. The highest BCUT2D eigenvalue weighted by atomic mass is 16.5. The molecule has 0 aromatic heterocycles. The van der Waals surface area contributed by atoms with Gasteiger partial charge in [0.05, 0.1) is 30.2 Å². The lowest BCUT2D eigenvalue weighted by atomic mass is 9.63. The van der Waals surface area contributed by atoms with Gasteiger partial charge in [-0.1, -0.05) is 12.2 Å². The second-order valence-electron chi connectivity index (χ2n) is 7.20. The van der Waals surface area contributed by atoms with Crippen LogP contribution < -0.4 is 4.90 Å². The van der Waals surface area contributed by atoms with E-state index in [1.165, 1.54) is 12.0 Å². The van der Waals surface area contributed by atoms with Gasteiger partial charge in [0.15, 0.2) is 0 Å². The van der Waals surface area contributed by atoms with Gasteiger partial charge in [0, 0.05) is 0 Å². The van der Waals surface area contributed by atoms with Crippen LogP contribution in [0.1, 0.15) is 16.8 Å². The quantitative estimate of drug-likeness (QED) is 0.475. The van der Waals surface area contributed by atoms with E-state index in [0.717, 1.165) is 6.42 Å². The molecule has 2 saturated carbocycles. The van der Waals surface area contributed by atoms with Gasteiger partial charge in [-0.25, -0.2) is 4.79 Å². The highest BCUT2D eigenvalue weighted by molar-refractivity contribution is 6.22. The van der Waals surface area contributed by atoms with Gasteiger partial charge >= 0.3 is 5.97 Å². The molecule has 1 aromatic rings. The summed E-state index contributed by atoms with van der Waals surface area (Å²) >= 11 is 0. The van der Waals surface area contributed by atoms with Crippen molar-refractivity contribution in [2.75, 3.05) is 12.0 Å². The molecule has 3 fully saturated rings. The maximum absolute atomic E-state index is 13.0. The number of benzene rings is 1. The Morgan fingerprint density at radius 2 is 1.54 bits per heavy atom. The number of imide groups is 1. The average Bonchev–Trinajstić information content (AvgIpc) is 3.39. The Labute approximate surface area is 139 Å². The zero-order valence-corrected chi connectivity index (χ0v) is 13.2. The van der Waals surface area contributed by atoms with Crippen LogP contribution in [0, 0.1) is 35.5 Å². The fourth-order valence-corrected chi connectivity index (χ4v) is 5.08. The number of esters is 1. The van der Waals surface area contributed by atoms with E-state index in [1.807, 2.05) is 0 Å². The van der Waals surface area contributed by atoms with Crippen molar-refractivity contribution in [1.82, 2.24) is 0 Å². The van der Waals surface area contributed by atoms with Crippen molar-refractivity contribution in [2.45, 2.75) is 6.42 Å². The first kappa shape index (κ1) is 14.0. The topological polar surface area (TPSA) is 63.7 Å². The Kier molecular flexibility index (Phi) is 2.65. The number of hydrogen-bond acceptors (Lipinski definition) is 4.